The standard InChI is InChI=1S/C15H20N4O/c1-9(2)12-8-11(15(20)19-6-5-7-19)13-10(3)17-18(4)14(13)16-12/h8-9H,5-7H2,1-4H3. The van der Waals surface area contributed by atoms with Crippen molar-refractivity contribution in [3.8, 4) is 0 Å². The Morgan fingerprint density at radius 3 is 2.60 bits per heavy atom. The molecule has 5 heteroatoms. The fraction of sp³-hybridized carbons (Fsp3) is 0.533. The number of aromatic nitrogens is 3. The SMILES string of the molecule is Cc1nn(C)c2nc(C(C)C)cc(C(=O)N3CCC3)c12. The molecule has 106 valence electrons. The maximum atomic E-state index is 12.6. The first-order valence-corrected chi connectivity index (χ1v) is 7.12. The molecule has 1 saturated heterocycles. The summed E-state index contributed by atoms with van der Waals surface area (Å²) in [6.45, 7) is 7.84. The summed E-state index contributed by atoms with van der Waals surface area (Å²) < 4.78 is 1.77. The molecule has 1 aliphatic rings. The minimum absolute atomic E-state index is 0.113. The Bertz CT molecular complexity index is 683. The van der Waals surface area contributed by atoms with Crippen LogP contribution in [-0.4, -0.2) is 38.7 Å². The number of pyridine rings is 1. The van der Waals surface area contributed by atoms with Crippen LogP contribution in [-0.2, 0) is 7.05 Å². The average molecular weight is 272 g/mol. The number of amides is 1. The van der Waals surface area contributed by atoms with Gasteiger partial charge in [-0.25, -0.2) is 4.98 Å². The van der Waals surface area contributed by atoms with E-state index in [0.717, 1.165) is 47.5 Å². The van der Waals surface area contributed by atoms with E-state index in [2.05, 4.69) is 23.9 Å². The molecule has 0 aromatic carbocycles. The van der Waals surface area contributed by atoms with Gasteiger partial charge in [0.1, 0.15) is 0 Å². The van der Waals surface area contributed by atoms with Crippen LogP contribution in [0.3, 0.4) is 0 Å². The highest BCUT2D eigenvalue weighted by Gasteiger charge is 2.26. The van der Waals surface area contributed by atoms with E-state index in [1.165, 1.54) is 0 Å². The molecule has 0 spiro atoms. The van der Waals surface area contributed by atoms with E-state index in [1.54, 1.807) is 4.68 Å². The average Bonchev–Trinajstić information content (AvgIpc) is 2.62. The number of carbonyl (C=O) groups is 1. The number of rotatable bonds is 2. The topological polar surface area (TPSA) is 51.0 Å². The number of nitrogens with zero attached hydrogens (tertiary/aromatic N) is 4. The second kappa shape index (κ2) is 4.58. The lowest BCUT2D eigenvalue weighted by Crippen LogP contribution is -2.42. The van der Waals surface area contributed by atoms with Crippen LogP contribution in [0.2, 0.25) is 0 Å². The van der Waals surface area contributed by atoms with Gasteiger partial charge in [0.15, 0.2) is 5.65 Å². The molecule has 0 aliphatic carbocycles. The number of hydrogen-bond acceptors (Lipinski definition) is 3. The van der Waals surface area contributed by atoms with Gasteiger partial charge in [0, 0.05) is 25.8 Å². The summed E-state index contributed by atoms with van der Waals surface area (Å²) in [4.78, 5) is 19.2. The largest absolute Gasteiger partial charge is 0.338 e. The van der Waals surface area contributed by atoms with Gasteiger partial charge >= 0.3 is 0 Å². The Morgan fingerprint density at radius 2 is 2.05 bits per heavy atom. The van der Waals surface area contributed by atoms with Gasteiger partial charge in [0.25, 0.3) is 5.91 Å². The summed E-state index contributed by atoms with van der Waals surface area (Å²) in [5.41, 5.74) is 3.38. The van der Waals surface area contributed by atoms with Crippen molar-refractivity contribution in [1.82, 2.24) is 19.7 Å². The lowest BCUT2D eigenvalue weighted by Gasteiger charge is -2.31. The molecule has 1 fully saturated rings. The third kappa shape index (κ3) is 1.88. The molecule has 2 aromatic rings. The van der Waals surface area contributed by atoms with E-state index in [9.17, 15) is 4.79 Å². The Morgan fingerprint density at radius 1 is 1.35 bits per heavy atom. The van der Waals surface area contributed by atoms with E-state index >= 15 is 0 Å². The highest BCUT2D eigenvalue weighted by Crippen LogP contribution is 2.26. The van der Waals surface area contributed by atoms with Gasteiger partial charge < -0.3 is 4.90 Å². The molecule has 0 bridgehead atoms. The third-order valence-electron chi connectivity index (χ3n) is 3.95. The summed E-state index contributed by atoms with van der Waals surface area (Å²) >= 11 is 0. The second-order valence-corrected chi connectivity index (χ2v) is 5.80. The van der Waals surface area contributed by atoms with E-state index < -0.39 is 0 Å². The molecule has 0 unspecified atom stereocenters. The Balaban J connectivity index is 2.24. The van der Waals surface area contributed by atoms with Gasteiger partial charge in [-0.1, -0.05) is 13.8 Å². The van der Waals surface area contributed by atoms with Gasteiger partial charge in [-0.05, 0) is 25.3 Å². The molecule has 0 saturated carbocycles. The van der Waals surface area contributed by atoms with Crippen molar-refractivity contribution < 1.29 is 4.79 Å². The van der Waals surface area contributed by atoms with Crippen LogP contribution in [0.4, 0.5) is 0 Å². The molecule has 2 aromatic heterocycles. The lowest BCUT2D eigenvalue weighted by atomic mass is 10.0. The van der Waals surface area contributed by atoms with Crippen molar-refractivity contribution in [3.63, 3.8) is 0 Å². The van der Waals surface area contributed by atoms with Crippen molar-refractivity contribution in [2.45, 2.75) is 33.1 Å². The summed E-state index contributed by atoms with van der Waals surface area (Å²) in [5.74, 6) is 0.402. The van der Waals surface area contributed by atoms with Crippen molar-refractivity contribution in [2.24, 2.45) is 7.05 Å². The fourth-order valence-electron chi connectivity index (χ4n) is 2.62. The van der Waals surface area contributed by atoms with Crippen LogP contribution < -0.4 is 0 Å². The Hall–Kier alpha value is -1.91. The lowest BCUT2D eigenvalue weighted by molar-refractivity contribution is 0.0653. The van der Waals surface area contributed by atoms with Gasteiger partial charge in [-0.15, -0.1) is 0 Å². The number of hydrogen-bond donors (Lipinski definition) is 0. The Kier molecular flexibility index (Phi) is 3.00. The van der Waals surface area contributed by atoms with Crippen LogP contribution in [0.5, 0.6) is 0 Å². The molecule has 5 nitrogen and oxygen atoms in total. The van der Waals surface area contributed by atoms with Gasteiger partial charge in [-0.3, -0.25) is 9.48 Å². The second-order valence-electron chi connectivity index (χ2n) is 5.80. The zero-order valence-electron chi connectivity index (χ0n) is 12.5. The third-order valence-corrected chi connectivity index (χ3v) is 3.95. The molecule has 1 amide bonds. The maximum absolute atomic E-state index is 12.6. The van der Waals surface area contributed by atoms with Gasteiger partial charge in [0.05, 0.1) is 16.6 Å². The minimum atomic E-state index is 0.113. The number of likely N-dealkylation sites (tertiary alicyclic amines) is 1. The molecular weight excluding hydrogens is 252 g/mol. The van der Waals surface area contributed by atoms with E-state index in [4.69, 9.17) is 0 Å². The predicted octanol–water partition coefficient (Wildman–Crippen LogP) is 2.25. The highest BCUT2D eigenvalue weighted by atomic mass is 16.2. The first-order chi connectivity index (χ1) is 9.49. The predicted molar refractivity (Wildman–Crippen MR) is 77.9 cm³/mol. The summed E-state index contributed by atoms with van der Waals surface area (Å²) in [6.07, 6.45) is 1.10. The molecule has 20 heavy (non-hydrogen) atoms. The molecule has 1 aliphatic heterocycles. The molecule has 3 heterocycles. The quantitative estimate of drug-likeness (QED) is 0.842. The highest BCUT2D eigenvalue weighted by molar-refractivity contribution is 6.06. The Labute approximate surface area is 118 Å². The van der Waals surface area contributed by atoms with Crippen LogP contribution in [0.1, 0.15) is 47.9 Å². The van der Waals surface area contributed by atoms with E-state index in [-0.39, 0.29) is 11.8 Å². The van der Waals surface area contributed by atoms with Crippen LogP contribution >= 0.6 is 0 Å². The zero-order chi connectivity index (χ0) is 14.4. The van der Waals surface area contributed by atoms with Gasteiger partial charge in [-0.2, -0.15) is 5.10 Å². The molecule has 3 rings (SSSR count). The van der Waals surface area contributed by atoms with Crippen LogP contribution in [0.15, 0.2) is 6.07 Å². The first kappa shape index (κ1) is 13.1. The number of fused-ring (bicyclic) bond motifs is 1. The van der Waals surface area contributed by atoms with E-state index in [1.807, 2.05) is 24.9 Å². The molecule has 0 N–H and O–H groups in total. The first-order valence-electron chi connectivity index (χ1n) is 7.12. The van der Waals surface area contributed by atoms with Crippen LogP contribution in [0.25, 0.3) is 11.0 Å². The van der Waals surface area contributed by atoms with Gasteiger partial charge in [0.2, 0.25) is 0 Å². The minimum Gasteiger partial charge on any atom is -0.338 e. The van der Waals surface area contributed by atoms with Crippen molar-refractivity contribution >= 4 is 16.9 Å². The maximum Gasteiger partial charge on any atom is 0.254 e. The van der Waals surface area contributed by atoms with Crippen molar-refractivity contribution in [3.05, 3.63) is 23.0 Å². The number of carbonyl (C=O) groups excluding carboxylic acids is 1. The molecular formula is C15H20N4O. The normalized spacial score (nSPS) is 14.9. The molecule has 0 radical (unpaired) electrons. The van der Waals surface area contributed by atoms with Crippen LogP contribution in [0, 0.1) is 6.92 Å². The number of aryl methyl sites for hydroxylation is 2. The van der Waals surface area contributed by atoms with E-state index in [0.29, 0.717) is 0 Å². The summed E-state index contributed by atoms with van der Waals surface area (Å²) in [6, 6.07) is 1.95. The fourth-order valence-corrected chi connectivity index (χ4v) is 2.62. The van der Waals surface area contributed by atoms with Crippen molar-refractivity contribution in [1.29, 1.82) is 0 Å². The smallest absolute Gasteiger partial charge is 0.254 e. The molecule has 0 atom stereocenters. The zero-order valence-corrected chi connectivity index (χ0v) is 12.5. The monoisotopic (exact) mass is 272 g/mol. The van der Waals surface area contributed by atoms with Crippen molar-refractivity contribution in [2.75, 3.05) is 13.1 Å². The summed E-state index contributed by atoms with van der Waals surface area (Å²) in [7, 11) is 1.88. The summed E-state index contributed by atoms with van der Waals surface area (Å²) in [5, 5.41) is 5.32.